The van der Waals surface area contributed by atoms with E-state index >= 15 is 0 Å². The van der Waals surface area contributed by atoms with Crippen LogP contribution in [0.5, 0.6) is 0 Å². The lowest BCUT2D eigenvalue weighted by Gasteiger charge is -2.36. The summed E-state index contributed by atoms with van der Waals surface area (Å²) in [6.45, 7) is 3.28. The zero-order valence-corrected chi connectivity index (χ0v) is 23.2. The number of hydrogen-bond acceptors (Lipinski definition) is 8. The van der Waals surface area contributed by atoms with Gasteiger partial charge in [-0.05, 0) is 57.2 Å². The third-order valence-corrected chi connectivity index (χ3v) is 7.79. The second-order valence-corrected chi connectivity index (χ2v) is 11.2. The molecule has 3 heterocycles. The van der Waals surface area contributed by atoms with E-state index in [1.165, 1.54) is 17.2 Å². The molecular formula is C28H35BF2N4O6. The van der Waals surface area contributed by atoms with Crippen molar-refractivity contribution in [3.63, 3.8) is 0 Å². The topological polar surface area (TPSA) is 139 Å². The van der Waals surface area contributed by atoms with Gasteiger partial charge in [-0.25, -0.2) is 13.6 Å². The Labute approximate surface area is 237 Å². The van der Waals surface area contributed by atoms with Crippen LogP contribution >= 0.6 is 0 Å². The Hall–Kier alpha value is -3.47. The highest BCUT2D eigenvalue weighted by Crippen LogP contribution is 2.33. The van der Waals surface area contributed by atoms with Crippen LogP contribution in [0.3, 0.4) is 0 Å². The van der Waals surface area contributed by atoms with Gasteiger partial charge >= 0.3 is 13.2 Å². The van der Waals surface area contributed by atoms with Crippen LogP contribution in [0.15, 0.2) is 46.6 Å². The first-order valence-electron chi connectivity index (χ1n) is 13.7. The van der Waals surface area contributed by atoms with Crippen molar-refractivity contribution in [1.82, 2.24) is 15.1 Å². The minimum Gasteiger partial charge on any atom is -0.464 e. The second-order valence-electron chi connectivity index (χ2n) is 11.2. The van der Waals surface area contributed by atoms with E-state index < -0.39 is 49.1 Å². The molecule has 0 saturated carbocycles. The second kappa shape index (κ2) is 12.6. The van der Waals surface area contributed by atoms with Crippen LogP contribution in [0.4, 0.5) is 13.6 Å². The van der Waals surface area contributed by atoms with Crippen molar-refractivity contribution in [2.45, 2.75) is 69.4 Å². The number of nitriles is 1. The van der Waals surface area contributed by atoms with Crippen molar-refractivity contribution in [2.24, 2.45) is 0 Å². The molecule has 2 aliphatic rings. The van der Waals surface area contributed by atoms with Gasteiger partial charge in [0.2, 0.25) is 0 Å². The molecule has 0 aliphatic carbocycles. The molecule has 1 aromatic heterocycles. The van der Waals surface area contributed by atoms with Crippen LogP contribution in [-0.4, -0.2) is 88.7 Å². The summed E-state index contributed by atoms with van der Waals surface area (Å²) >= 11 is 0. The summed E-state index contributed by atoms with van der Waals surface area (Å²) in [7, 11) is -1.87. The number of ether oxygens (including phenoxy) is 1. The smallest absolute Gasteiger partial charge is 0.464 e. The molecule has 1 aromatic carbocycles. The van der Waals surface area contributed by atoms with Crippen molar-refractivity contribution in [3.05, 3.63) is 47.7 Å². The van der Waals surface area contributed by atoms with Crippen LogP contribution in [0.25, 0.3) is 11.0 Å². The number of carbonyl (C=O) groups excluding carboxylic acids is 2. The van der Waals surface area contributed by atoms with Crippen molar-refractivity contribution in [1.29, 1.82) is 5.26 Å². The molecule has 4 rings (SSSR count). The fourth-order valence-electron chi connectivity index (χ4n) is 5.43. The number of alkyl halides is 2. The Balaban J connectivity index is 1.38. The summed E-state index contributed by atoms with van der Waals surface area (Å²) in [5.74, 6) is -4.44. The maximum absolute atomic E-state index is 13.8. The molecule has 2 amide bonds. The number of likely N-dealkylation sites (tertiary alicyclic amines) is 2. The largest absolute Gasteiger partial charge is 0.475 e. The normalized spacial score (nSPS) is 20.5. The summed E-state index contributed by atoms with van der Waals surface area (Å²) in [5, 5.41) is 32.8. The lowest BCUT2D eigenvalue weighted by molar-refractivity contribution is -0.131. The quantitative estimate of drug-likeness (QED) is 0.237. The number of piperidine rings is 1. The summed E-state index contributed by atoms with van der Waals surface area (Å²) < 4.78 is 38.5. The first kappa shape index (κ1) is 30.5. The number of hydrogen-bond donors (Lipinski definition) is 3. The molecule has 2 aliphatic heterocycles. The molecule has 2 saturated heterocycles. The molecular weight excluding hydrogens is 537 g/mol. The van der Waals surface area contributed by atoms with Gasteiger partial charge in [0.25, 0.3) is 11.8 Å². The fourth-order valence-corrected chi connectivity index (χ4v) is 5.43. The van der Waals surface area contributed by atoms with Crippen LogP contribution < -0.4 is 5.32 Å². The molecule has 10 nitrogen and oxygen atoms in total. The number of para-hydroxylation sites is 1. The average molecular weight is 572 g/mol. The highest BCUT2D eigenvalue weighted by molar-refractivity contribution is 6.43. The highest BCUT2D eigenvalue weighted by atomic mass is 19.3. The Morgan fingerprint density at radius 1 is 1.32 bits per heavy atom. The summed E-state index contributed by atoms with van der Waals surface area (Å²) in [5.41, 5.74) is 0.214. The van der Waals surface area contributed by atoms with Gasteiger partial charge in [-0.1, -0.05) is 18.2 Å². The van der Waals surface area contributed by atoms with Gasteiger partial charge in [0.15, 0.2) is 0 Å². The van der Waals surface area contributed by atoms with Crippen LogP contribution in [0, 0.1) is 11.3 Å². The Morgan fingerprint density at radius 3 is 2.76 bits per heavy atom. The van der Waals surface area contributed by atoms with Crippen molar-refractivity contribution < 1.29 is 37.6 Å². The molecule has 2 atom stereocenters. The number of nitrogens with zero attached hydrogens (tertiary/aromatic N) is 3. The first-order valence-corrected chi connectivity index (χ1v) is 13.7. The molecule has 13 heteroatoms. The number of amides is 2. The van der Waals surface area contributed by atoms with Crippen LogP contribution in [0.1, 0.15) is 45.1 Å². The molecule has 0 unspecified atom stereocenters. The molecule has 220 valence electrons. The maximum atomic E-state index is 13.8. The van der Waals surface area contributed by atoms with Crippen molar-refractivity contribution in [3.8, 4) is 6.07 Å². The zero-order chi connectivity index (χ0) is 29.8. The van der Waals surface area contributed by atoms with E-state index in [2.05, 4.69) is 5.32 Å². The molecule has 0 radical (unpaired) electrons. The Morgan fingerprint density at radius 2 is 2.07 bits per heavy atom. The van der Waals surface area contributed by atoms with Gasteiger partial charge in [-0.15, -0.1) is 0 Å². The van der Waals surface area contributed by atoms with Gasteiger partial charge in [-0.2, -0.15) is 5.26 Å². The van der Waals surface area contributed by atoms with Gasteiger partial charge in [0.05, 0.1) is 24.8 Å². The molecule has 2 aromatic rings. The lowest BCUT2D eigenvalue weighted by Crippen LogP contribution is -2.50. The Kier molecular flexibility index (Phi) is 9.36. The summed E-state index contributed by atoms with van der Waals surface area (Å²) in [6.07, 6.45) is 3.86. The number of furan rings is 1. The van der Waals surface area contributed by atoms with Gasteiger partial charge in [0.1, 0.15) is 23.8 Å². The van der Waals surface area contributed by atoms with E-state index in [0.717, 1.165) is 11.8 Å². The standard InChI is InChI=1S/C28H35BF2N4O6/c1-27(2,34-12-10-28(30,31)18-34)14-20(15-32)25(36)35-11-6-5-7-21(35)17-41-26(37)33-24(29(38)39)13-19-16-40-23-9-4-3-8-22(19)23/h3-4,8-9,14,16,21,24,38-39H,5-7,10-13,17-18H2,1-2H3,(H,33,37)/b20-14+/t21-,24+/m1/s1. The monoisotopic (exact) mass is 572 g/mol. The minimum atomic E-state index is -2.81. The molecule has 0 bridgehead atoms. The van der Waals surface area contributed by atoms with Gasteiger partial charge in [0, 0.05) is 30.4 Å². The van der Waals surface area contributed by atoms with Crippen molar-refractivity contribution >= 4 is 30.1 Å². The highest BCUT2D eigenvalue weighted by Gasteiger charge is 2.43. The third kappa shape index (κ3) is 7.44. The van der Waals surface area contributed by atoms with Gasteiger partial charge < -0.3 is 29.4 Å². The summed E-state index contributed by atoms with van der Waals surface area (Å²) in [6, 6.07) is 8.66. The summed E-state index contributed by atoms with van der Waals surface area (Å²) in [4.78, 5) is 29.1. The Bertz CT molecular complexity index is 1320. The first-order chi connectivity index (χ1) is 19.4. The van der Waals surface area contributed by atoms with E-state index in [0.29, 0.717) is 30.5 Å². The number of nitrogens with one attached hydrogen (secondary N) is 1. The van der Waals surface area contributed by atoms with E-state index in [1.807, 2.05) is 24.3 Å². The number of carbonyl (C=O) groups is 2. The molecule has 0 spiro atoms. The zero-order valence-electron chi connectivity index (χ0n) is 23.2. The SMILES string of the molecule is CC(C)(/C=C(\C#N)C(=O)N1CCCC[C@@H]1COC(=O)N[C@@H](Cc1coc2ccccc12)B(O)O)N1CCC(F)(F)C1. The molecule has 3 N–H and O–H groups in total. The van der Waals surface area contributed by atoms with Crippen LogP contribution in [0.2, 0.25) is 0 Å². The maximum Gasteiger partial charge on any atom is 0.475 e. The average Bonchev–Trinajstić information content (AvgIpc) is 3.53. The number of alkyl carbamates (subject to hydrolysis) is 1. The number of fused-ring (bicyclic) bond motifs is 1. The van der Waals surface area contributed by atoms with E-state index in [9.17, 15) is 33.7 Å². The fraction of sp³-hybridized carbons (Fsp3) is 0.536. The number of benzene rings is 1. The predicted octanol–water partition coefficient (Wildman–Crippen LogP) is 3.03. The number of halogens is 2. The van der Waals surface area contributed by atoms with E-state index in [1.54, 1.807) is 24.8 Å². The minimum absolute atomic E-state index is 0.0763. The lowest BCUT2D eigenvalue weighted by atomic mass is 9.76. The van der Waals surface area contributed by atoms with Gasteiger partial charge in [-0.3, -0.25) is 9.69 Å². The van der Waals surface area contributed by atoms with Crippen LogP contribution in [-0.2, 0) is 16.0 Å². The van der Waals surface area contributed by atoms with E-state index in [4.69, 9.17) is 9.15 Å². The predicted molar refractivity (Wildman–Crippen MR) is 147 cm³/mol. The molecule has 2 fully saturated rings. The molecule has 41 heavy (non-hydrogen) atoms. The van der Waals surface area contributed by atoms with E-state index in [-0.39, 0.29) is 31.6 Å². The van der Waals surface area contributed by atoms with Crippen molar-refractivity contribution in [2.75, 3.05) is 26.2 Å². The number of rotatable bonds is 9. The third-order valence-electron chi connectivity index (χ3n) is 7.79.